The summed E-state index contributed by atoms with van der Waals surface area (Å²) in [5.74, 6) is 0.359. The van der Waals surface area contributed by atoms with Crippen LogP contribution in [0.3, 0.4) is 0 Å². The smallest absolute Gasteiger partial charge is 0.236 e. The molecule has 1 aromatic rings. The van der Waals surface area contributed by atoms with Crippen LogP contribution >= 0.6 is 0 Å². The van der Waals surface area contributed by atoms with Crippen LogP contribution in [0.4, 0.5) is 0 Å². The van der Waals surface area contributed by atoms with Crippen molar-refractivity contribution in [2.75, 3.05) is 26.7 Å². The van der Waals surface area contributed by atoms with Crippen LogP contribution in [-0.2, 0) is 16.1 Å². The predicted octanol–water partition coefficient (Wildman–Crippen LogP) is 0.705. The maximum atomic E-state index is 12.1. The van der Waals surface area contributed by atoms with Gasteiger partial charge in [0, 0.05) is 44.9 Å². The number of hydrogen-bond donors (Lipinski definition) is 0. The number of amides is 1. The van der Waals surface area contributed by atoms with Crippen molar-refractivity contribution in [1.82, 2.24) is 14.8 Å². The van der Waals surface area contributed by atoms with Gasteiger partial charge in [0.1, 0.15) is 5.78 Å². The number of likely N-dealkylation sites (N-methyl/N-ethyl adjacent to an activating group) is 1. The number of piperidine rings is 1. The van der Waals surface area contributed by atoms with E-state index in [1.54, 1.807) is 17.3 Å². The summed E-state index contributed by atoms with van der Waals surface area (Å²) in [6.45, 7) is 2.25. The van der Waals surface area contributed by atoms with E-state index < -0.39 is 0 Å². The standard InChI is InChI=1S/C14H19N3O2/c1-16(10-12-2-6-15-7-3-12)11-14(19)17-8-4-13(18)5-9-17/h2-3,6-7H,4-5,8-11H2,1H3. The van der Waals surface area contributed by atoms with E-state index in [9.17, 15) is 9.59 Å². The second-order valence-corrected chi connectivity index (χ2v) is 4.95. The molecular formula is C14H19N3O2. The zero-order valence-corrected chi connectivity index (χ0v) is 11.2. The van der Waals surface area contributed by atoms with Crippen LogP contribution in [0.25, 0.3) is 0 Å². The first-order chi connectivity index (χ1) is 9.15. The summed E-state index contributed by atoms with van der Waals surface area (Å²) in [4.78, 5) is 30.9. The molecule has 1 amide bonds. The summed E-state index contributed by atoms with van der Waals surface area (Å²) in [6, 6.07) is 3.89. The van der Waals surface area contributed by atoms with Gasteiger partial charge in [0.15, 0.2) is 0 Å². The highest BCUT2D eigenvalue weighted by Crippen LogP contribution is 2.07. The highest BCUT2D eigenvalue weighted by Gasteiger charge is 2.21. The molecule has 0 atom stereocenters. The van der Waals surface area contributed by atoms with Gasteiger partial charge in [-0.2, -0.15) is 0 Å². The van der Waals surface area contributed by atoms with Crippen LogP contribution in [0.5, 0.6) is 0 Å². The molecule has 0 spiro atoms. The number of Topliss-reactive ketones (excluding diaryl/α,β-unsaturated/α-hetero) is 1. The first kappa shape index (κ1) is 13.7. The van der Waals surface area contributed by atoms with Crippen LogP contribution < -0.4 is 0 Å². The van der Waals surface area contributed by atoms with Crippen molar-refractivity contribution in [3.63, 3.8) is 0 Å². The molecule has 5 heteroatoms. The Hall–Kier alpha value is -1.75. The molecule has 1 fully saturated rings. The van der Waals surface area contributed by atoms with E-state index in [1.165, 1.54) is 0 Å². The molecule has 0 aromatic carbocycles. The van der Waals surface area contributed by atoms with Crippen LogP contribution in [0.2, 0.25) is 0 Å². The maximum absolute atomic E-state index is 12.1. The van der Waals surface area contributed by atoms with Gasteiger partial charge in [0.25, 0.3) is 0 Å². The molecule has 1 aromatic heterocycles. The van der Waals surface area contributed by atoms with Crippen molar-refractivity contribution in [1.29, 1.82) is 0 Å². The fourth-order valence-electron chi connectivity index (χ4n) is 2.19. The van der Waals surface area contributed by atoms with E-state index in [1.807, 2.05) is 24.1 Å². The molecular weight excluding hydrogens is 242 g/mol. The van der Waals surface area contributed by atoms with Gasteiger partial charge in [-0.3, -0.25) is 19.5 Å². The first-order valence-corrected chi connectivity index (χ1v) is 6.52. The SMILES string of the molecule is CN(CC(=O)N1CCC(=O)CC1)Cc1ccncc1. The second kappa shape index (κ2) is 6.43. The molecule has 19 heavy (non-hydrogen) atoms. The van der Waals surface area contributed by atoms with Gasteiger partial charge in [-0.1, -0.05) is 0 Å². The van der Waals surface area contributed by atoms with Crippen molar-refractivity contribution in [3.05, 3.63) is 30.1 Å². The number of rotatable bonds is 4. The second-order valence-electron chi connectivity index (χ2n) is 4.95. The lowest BCUT2D eigenvalue weighted by molar-refractivity contribution is -0.135. The topological polar surface area (TPSA) is 53.5 Å². The molecule has 0 saturated carbocycles. The fourth-order valence-corrected chi connectivity index (χ4v) is 2.19. The lowest BCUT2D eigenvalue weighted by atomic mass is 10.1. The number of ketones is 1. The number of pyridine rings is 1. The molecule has 1 saturated heterocycles. The lowest BCUT2D eigenvalue weighted by Gasteiger charge is -2.28. The zero-order valence-electron chi connectivity index (χ0n) is 11.2. The van der Waals surface area contributed by atoms with E-state index in [-0.39, 0.29) is 11.7 Å². The summed E-state index contributed by atoms with van der Waals surface area (Å²) in [6.07, 6.45) is 4.50. The molecule has 1 aliphatic heterocycles. The van der Waals surface area contributed by atoms with E-state index in [0.29, 0.717) is 32.5 Å². The minimum absolute atomic E-state index is 0.101. The number of likely N-dealkylation sites (tertiary alicyclic amines) is 1. The van der Waals surface area contributed by atoms with E-state index in [4.69, 9.17) is 0 Å². The minimum Gasteiger partial charge on any atom is -0.341 e. The van der Waals surface area contributed by atoms with Gasteiger partial charge in [-0.25, -0.2) is 0 Å². The normalized spacial score (nSPS) is 15.9. The first-order valence-electron chi connectivity index (χ1n) is 6.52. The Bertz CT molecular complexity index is 437. The molecule has 0 bridgehead atoms. The third kappa shape index (κ3) is 4.13. The highest BCUT2D eigenvalue weighted by atomic mass is 16.2. The molecule has 0 unspecified atom stereocenters. The summed E-state index contributed by atoms with van der Waals surface area (Å²) in [5, 5.41) is 0. The number of carbonyl (C=O) groups excluding carboxylic acids is 2. The Kier molecular flexibility index (Phi) is 4.63. The van der Waals surface area contributed by atoms with E-state index in [0.717, 1.165) is 12.1 Å². The van der Waals surface area contributed by atoms with Crippen LogP contribution in [0.1, 0.15) is 18.4 Å². The van der Waals surface area contributed by atoms with Gasteiger partial charge in [0.2, 0.25) is 5.91 Å². The largest absolute Gasteiger partial charge is 0.341 e. The minimum atomic E-state index is 0.101. The number of carbonyl (C=O) groups is 2. The van der Waals surface area contributed by atoms with Gasteiger partial charge in [-0.05, 0) is 24.7 Å². The Labute approximate surface area is 113 Å². The van der Waals surface area contributed by atoms with Gasteiger partial charge >= 0.3 is 0 Å². The van der Waals surface area contributed by atoms with Crippen molar-refractivity contribution >= 4 is 11.7 Å². The predicted molar refractivity (Wildman–Crippen MR) is 71.4 cm³/mol. The van der Waals surface area contributed by atoms with E-state index >= 15 is 0 Å². The molecule has 5 nitrogen and oxygen atoms in total. The quantitative estimate of drug-likeness (QED) is 0.801. The van der Waals surface area contributed by atoms with Gasteiger partial charge in [-0.15, -0.1) is 0 Å². The molecule has 2 rings (SSSR count). The zero-order chi connectivity index (χ0) is 13.7. The lowest BCUT2D eigenvalue weighted by Crippen LogP contribution is -2.43. The van der Waals surface area contributed by atoms with Crippen molar-refractivity contribution < 1.29 is 9.59 Å². The van der Waals surface area contributed by atoms with Crippen LogP contribution in [-0.4, -0.2) is 53.2 Å². The summed E-state index contributed by atoms with van der Waals surface area (Å²) in [5.41, 5.74) is 1.14. The third-order valence-electron chi connectivity index (χ3n) is 3.28. The van der Waals surface area contributed by atoms with Crippen LogP contribution in [0, 0.1) is 0 Å². The van der Waals surface area contributed by atoms with Gasteiger partial charge in [0.05, 0.1) is 6.54 Å². The number of hydrogen-bond acceptors (Lipinski definition) is 4. The maximum Gasteiger partial charge on any atom is 0.236 e. The monoisotopic (exact) mass is 261 g/mol. The fraction of sp³-hybridized carbons (Fsp3) is 0.500. The molecule has 2 heterocycles. The Morgan fingerprint density at radius 3 is 2.58 bits per heavy atom. The number of nitrogens with zero attached hydrogens (tertiary/aromatic N) is 3. The Morgan fingerprint density at radius 2 is 1.95 bits per heavy atom. The average molecular weight is 261 g/mol. The number of aromatic nitrogens is 1. The van der Waals surface area contributed by atoms with Gasteiger partial charge < -0.3 is 4.90 Å². The van der Waals surface area contributed by atoms with Crippen molar-refractivity contribution in [3.8, 4) is 0 Å². The summed E-state index contributed by atoms with van der Waals surface area (Å²) in [7, 11) is 1.92. The molecule has 1 aliphatic rings. The molecule has 0 aliphatic carbocycles. The Balaban J connectivity index is 1.80. The molecule has 102 valence electrons. The highest BCUT2D eigenvalue weighted by molar-refractivity contribution is 5.84. The summed E-state index contributed by atoms with van der Waals surface area (Å²) >= 11 is 0. The van der Waals surface area contributed by atoms with Crippen LogP contribution in [0.15, 0.2) is 24.5 Å². The molecule has 0 N–H and O–H groups in total. The van der Waals surface area contributed by atoms with E-state index in [2.05, 4.69) is 4.98 Å². The summed E-state index contributed by atoms with van der Waals surface area (Å²) < 4.78 is 0. The van der Waals surface area contributed by atoms with Crippen molar-refractivity contribution in [2.24, 2.45) is 0 Å². The Morgan fingerprint density at radius 1 is 1.32 bits per heavy atom. The third-order valence-corrected chi connectivity index (χ3v) is 3.28. The molecule has 0 radical (unpaired) electrons. The van der Waals surface area contributed by atoms with Crippen molar-refractivity contribution in [2.45, 2.75) is 19.4 Å². The average Bonchev–Trinajstić information content (AvgIpc) is 2.40.